The summed E-state index contributed by atoms with van der Waals surface area (Å²) < 4.78 is 26.1. The van der Waals surface area contributed by atoms with Crippen LogP contribution in [0.15, 0.2) is 48.5 Å². The van der Waals surface area contributed by atoms with Gasteiger partial charge in [0.25, 0.3) is 5.91 Å². The Hall–Kier alpha value is -1.93. The standard InChI is InChI=1S/C19H23ClN2O4S/c1-13(2)27(25,26)21-12-19(3,24)15-6-10-17(11-7-15)22-18(23)14-4-8-16(20)9-5-14/h4-11,13,21,24H,12H2,1-3H3,(H,22,23). The fourth-order valence-electron chi connectivity index (χ4n) is 2.23. The van der Waals surface area contributed by atoms with Gasteiger partial charge in [0.2, 0.25) is 10.0 Å². The molecule has 2 aromatic carbocycles. The van der Waals surface area contributed by atoms with E-state index in [1.165, 1.54) is 6.92 Å². The summed E-state index contributed by atoms with van der Waals surface area (Å²) in [5.41, 5.74) is 0.162. The van der Waals surface area contributed by atoms with Crippen molar-refractivity contribution in [1.82, 2.24) is 4.72 Å². The minimum absolute atomic E-state index is 0.149. The van der Waals surface area contributed by atoms with Gasteiger partial charge in [0.15, 0.2) is 0 Å². The number of halogens is 1. The Morgan fingerprint density at radius 1 is 1.11 bits per heavy atom. The Labute approximate surface area is 164 Å². The smallest absolute Gasteiger partial charge is 0.255 e. The summed E-state index contributed by atoms with van der Waals surface area (Å²) in [5.74, 6) is -0.282. The molecule has 6 nitrogen and oxygen atoms in total. The molecule has 146 valence electrons. The molecule has 27 heavy (non-hydrogen) atoms. The van der Waals surface area contributed by atoms with E-state index < -0.39 is 20.9 Å². The summed E-state index contributed by atoms with van der Waals surface area (Å²) in [6, 6.07) is 13.1. The normalized spacial score (nSPS) is 14.0. The molecule has 1 amide bonds. The monoisotopic (exact) mass is 410 g/mol. The van der Waals surface area contributed by atoms with E-state index in [1.807, 2.05) is 0 Å². The summed E-state index contributed by atoms with van der Waals surface area (Å²) >= 11 is 5.81. The second kappa shape index (κ2) is 8.39. The maximum Gasteiger partial charge on any atom is 0.255 e. The SMILES string of the molecule is CC(C)S(=O)(=O)NCC(C)(O)c1ccc(NC(=O)c2ccc(Cl)cc2)cc1. The van der Waals surface area contributed by atoms with Crippen molar-refractivity contribution in [3.05, 3.63) is 64.7 Å². The van der Waals surface area contributed by atoms with Crippen LogP contribution >= 0.6 is 11.6 Å². The van der Waals surface area contributed by atoms with Crippen molar-refractivity contribution < 1.29 is 18.3 Å². The van der Waals surface area contributed by atoms with Crippen LogP contribution in [0.25, 0.3) is 0 Å². The van der Waals surface area contributed by atoms with Crippen molar-refractivity contribution in [3.63, 3.8) is 0 Å². The molecule has 2 rings (SSSR count). The predicted molar refractivity (Wildman–Crippen MR) is 107 cm³/mol. The second-order valence-electron chi connectivity index (χ2n) is 6.73. The number of sulfonamides is 1. The van der Waals surface area contributed by atoms with E-state index in [9.17, 15) is 18.3 Å². The fraction of sp³-hybridized carbons (Fsp3) is 0.316. The van der Waals surface area contributed by atoms with E-state index in [1.54, 1.807) is 62.4 Å². The molecule has 0 spiro atoms. The lowest BCUT2D eigenvalue weighted by Gasteiger charge is -2.25. The van der Waals surface area contributed by atoms with Crippen molar-refractivity contribution in [2.24, 2.45) is 0 Å². The molecule has 0 heterocycles. The Bertz CT molecular complexity index is 892. The number of aliphatic hydroxyl groups is 1. The van der Waals surface area contributed by atoms with Gasteiger partial charge >= 0.3 is 0 Å². The first-order chi connectivity index (χ1) is 12.5. The molecule has 0 radical (unpaired) electrons. The number of carbonyl (C=O) groups excluding carboxylic acids is 1. The van der Waals surface area contributed by atoms with Crippen molar-refractivity contribution in [3.8, 4) is 0 Å². The Kier molecular flexibility index (Phi) is 6.64. The summed E-state index contributed by atoms with van der Waals surface area (Å²) in [7, 11) is -3.47. The number of rotatable bonds is 7. The Morgan fingerprint density at radius 2 is 1.67 bits per heavy atom. The van der Waals surface area contributed by atoms with Gasteiger partial charge in [-0.05, 0) is 62.7 Å². The van der Waals surface area contributed by atoms with E-state index in [0.717, 1.165) is 0 Å². The first-order valence-electron chi connectivity index (χ1n) is 8.39. The molecule has 0 saturated carbocycles. The Balaban J connectivity index is 2.05. The highest BCUT2D eigenvalue weighted by atomic mass is 35.5. The van der Waals surface area contributed by atoms with Gasteiger partial charge in [0.05, 0.1) is 5.25 Å². The largest absolute Gasteiger partial charge is 0.384 e. The van der Waals surface area contributed by atoms with Crippen molar-refractivity contribution in [1.29, 1.82) is 0 Å². The van der Waals surface area contributed by atoms with Gasteiger partial charge in [0.1, 0.15) is 5.60 Å². The minimum Gasteiger partial charge on any atom is -0.384 e. The van der Waals surface area contributed by atoms with Gasteiger partial charge in [-0.2, -0.15) is 0 Å². The minimum atomic E-state index is -3.47. The molecule has 0 aromatic heterocycles. The Morgan fingerprint density at radius 3 is 2.19 bits per heavy atom. The summed E-state index contributed by atoms with van der Waals surface area (Å²) in [4.78, 5) is 12.2. The number of hydrogen-bond donors (Lipinski definition) is 3. The highest BCUT2D eigenvalue weighted by Crippen LogP contribution is 2.22. The van der Waals surface area contributed by atoms with Crippen LogP contribution in [0.4, 0.5) is 5.69 Å². The van der Waals surface area contributed by atoms with Crippen LogP contribution in [0.3, 0.4) is 0 Å². The fourth-order valence-corrected chi connectivity index (χ4v) is 3.17. The molecule has 0 aliphatic carbocycles. The molecule has 8 heteroatoms. The quantitative estimate of drug-likeness (QED) is 0.653. The van der Waals surface area contributed by atoms with E-state index in [0.29, 0.717) is 21.8 Å². The number of carbonyl (C=O) groups is 1. The third kappa shape index (κ3) is 5.77. The molecular weight excluding hydrogens is 388 g/mol. The molecule has 0 saturated heterocycles. The summed E-state index contributed by atoms with van der Waals surface area (Å²) in [6.45, 7) is 4.51. The number of anilines is 1. The van der Waals surface area contributed by atoms with Crippen LogP contribution in [-0.2, 0) is 15.6 Å². The third-order valence-electron chi connectivity index (χ3n) is 4.11. The molecule has 0 aliphatic rings. The van der Waals surface area contributed by atoms with Crippen LogP contribution in [0.5, 0.6) is 0 Å². The number of amides is 1. The first kappa shape index (κ1) is 21.4. The van der Waals surface area contributed by atoms with Gasteiger partial charge in [0, 0.05) is 22.8 Å². The maximum absolute atomic E-state index is 12.2. The zero-order valence-corrected chi connectivity index (χ0v) is 16.9. The second-order valence-corrected chi connectivity index (χ2v) is 9.49. The lowest BCUT2D eigenvalue weighted by molar-refractivity contribution is 0.0627. The van der Waals surface area contributed by atoms with E-state index in [4.69, 9.17) is 11.6 Å². The molecule has 2 aromatic rings. The molecule has 0 bridgehead atoms. The number of benzene rings is 2. The molecule has 0 fully saturated rings. The molecule has 3 N–H and O–H groups in total. The van der Waals surface area contributed by atoms with Gasteiger partial charge in [-0.25, -0.2) is 13.1 Å². The van der Waals surface area contributed by atoms with E-state index in [2.05, 4.69) is 10.0 Å². The highest BCUT2D eigenvalue weighted by Gasteiger charge is 2.26. The van der Waals surface area contributed by atoms with Gasteiger partial charge in [-0.15, -0.1) is 0 Å². The van der Waals surface area contributed by atoms with Gasteiger partial charge in [-0.3, -0.25) is 4.79 Å². The van der Waals surface area contributed by atoms with E-state index in [-0.39, 0.29) is 12.5 Å². The zero-order chi connectivity index (χ0) is 20.2. The van der Waals surface area contributed by atoms with E-state index >= 15 is 0 Å². The molecule has 1 unspecified atom stereocenters. The maximum atomic E-state index is 12.2. The molecule has 1 atom stereocenters. The predicted octanol–water partition coefficient (Wildman–Crippen LogP) is 3.13. The topological polar surface area (TPSA) is 95.5 Å². The van der Waals surface area contributed by atoms with Crippen molar-refractivity contribution >= 4 is 33.2 Å². The van der Waals surface area contributed by atoms with Crippen molar-refractivity contribution in [2.45, 2.75) is 31.6 Å². The number of hydrogen-bond acceptors (Lipinski definition) is 4. The van der Waals surface area contributed by atoms with Crippen LogP contribution in [0.1, 0.15) is 36.7 Å². The van der Waals surface area contributed by atoms with Crippen LogP contribution < -0.4 is 10.0 Å². The third-order valence-corrected chi connectivity index (χ3v) is 6.15. The average Bonchev–Trinajstić information content (AvgIpc) is 2.61. The number of nitrogens with one attached hydrogen (secondary N) is 2. The molecular formula is C19H23ClN2O4S. The van der Waals surface area contributed by atoms with Gasteiger partial charge in [-0.1, -0.05) is 23.7 Å². The lowest BCUT2D eigenvalue weighted by Crippen LogP contribution is -2.41. The van der Waals surface area contributed by atoms with Crippen LogP contribution in [-0.4, -0.2) is 31.2 Å². The van der Waals surface area contributed by atoms with Crippen LogP contribution in [0, 0.1) is 0 Å². The summed E-state index contributed by atoms with van der Waals surface area (Å²) in [6.07, 6.45) is 0. The average molecular weight is 411 g/mol. The lowest BCUT2D eigenvalue weighted by atomic mass is 9.96. The first-order valence-corrected chi connectivity index (χ1v) is 10.3. The highest BCUT2D eigenvalue weighted by molar-refractivity contribution is 7.90. The summed E-state index contributed by atoms with van der Waals surface area (Å²) in [5, 5.41) is 13.3. The molecule has 0 aliphatic heterocycles. The van der Waals surface area contributed by atoms with Crippen molar-refractivity contribution in [2.75, 3.05) is 11.9 Å². The van der Waals surface area contributed by atoms with Gasteiger partial charge < -0.3 is 10.4 Å². The zero-order valence-electron chi connectivity index (χ0n) is 15.4. The van der Waals surface area contributed by atoms with Crippen LogP contribution in [0.2, 0.25) is 5.02 Å².